The summed E-state index contributed by atoms with van der Waals surface area (Å²) in [4.78, 5) is 0. The molecule has 0 heterocycles. The van der Waals surface area contributed by atoms with Gasteiger partial charge in [-0.15, -0.1) is 0 Å². The highest BCUT2D eigenvalue weighted by Crippen LogP contribution is 2.36. The molecule has 1 fully saturated rings. The van der Waals surface area contributed by atoms with Gasteiger partial charge in [0.25, 0.3) is 0 Å². The van der Waals surface area contributed by atoms with E-state index in [1.807, 2.05) is 0 Å². The third-order valence-electron chi connectivity index (χ3n) is 3.63. The molecule has 0 aromatic heterocycles. The van der Waals surface area contributed by atoms with E-state index in [0.29, 0.717) is 17.8 Å². The molecule has 1 aliphatic rings. The van der Waals surface area contributed by atoms with E-state index < -0.39 is 0 Å². The fourth-order valence-electron chi connectivity index (χ4n) is 2.46. The first-order valence-corrected chi connectivity index (χ1v) is 6.16. The second kappa shape index (κ2) is 4.99. The zero-order valence-electron chi connectivity index (χ0n) is 10.5. The van der Waals surface area contributed by atoms with Gasteiger partial charge in [0.1, 0.15) is 5.54 Å². The summed E-state index contributed by atoms with van der Waals surface area (Å²) < 4.78 is 0. The van der Waals surface area contributed by atoms with Crippen LogP contribution in [0.3, 0.4) is 0 Å². The molecule has 1 rings (SSSR count). The Hall–Kier alpha value is -0.550. The standard InChI is InChI=1S/C13H24N2/c1-10(2)8-15-13(9-14)7-11(3)5-6-12(13)4/h10-12,15H,5-8H2,1-4H3. The third-order valence-corrected chi connectivity index (χ3v) is 3.63. The van der Waals surface area contributed by atoms with Gasteiger partial charge in [0.2, 0.25) is 0 Å². The van der Waals surface area contributed by atoms with Crippen LogP contribution in [-0.2, 0) is 0 Å². The number of rotatable bonds is 3. The summed E-state index contributed by atoms with van der Waals surface area (Å²) in [7, 11) is 0. The molecule has 0 aromatic rings. The fraction of sp³-hybridized carbons (Fsp3) is 0.923. The molecule has 0 spiro atoms. The Bertz CT molecular complexity index is 241. The summed E-state index contributed by atoms with van der Waals surface area (Å²) in [5.74, 6) is 1.78. The number of hydrogen-bond donors (Lipinski definition) is 1. The summed E-state index contributed by atoms with van der Waals surface area (Å²) in [5.41, 5.74) is -0.262. The van der Waals surface area contributed by atoms with Crippen molar-refractivity contribution < 1.29 is 0 Å². The quantitative estimate of drug-likeness (QED) is 0.774. The molecule has 3 unspecified atom stereocenters. The van der Waals surface area contributed by atoms with Gasteiger partial charge >= 0.3 is 0 Å². The van der Waals surface area contributed by atoms with Gasteiger partial charge in [-0.25, -0.2) is 0 Å². The molecule has 3 atom stereocenters. The van der Waals surface area contributed by atoms with Crippen molar-refractivity contribution >= 4 is 0 Å². The molecule has 1 aliphatic carbocycles. The molecule has 0 aliphatic heterocycles. The summed E-state index contributed by atoms with van der Waals surface area (Å²) in [5, 5.41) is 12.9. The summed E-state index contributed by atoms with van der Waals surface area (Å²) in [6.07, 6.45) is 3.46. The van der Waals surface area contributed by atoms with Crippen LogP contribution < -0.4 is 5.32 Å². The Morgan fingerprint density at radius 3 is 2.60 bits per heavy atom. The van der Waals surface area contributed by atoms with Gasteiger partial charge in [0.15, 0.2) is 0 Å². The largest absolute Gasteiger partial charge is 0.299 e. The topological polar surface area (TPSA) is 35.8 Å². The Balaban J connectivity index is 2.68. The van der Waals surface area contributed by atoms with Crippen LogP contribution in [-0.4, -0.2) is 12.1 Å². The van der Waals surface area contributed by atoms with E-state index in [4.69, 9.17) is 0 Å². The Labute approximate surface area is 94.1 Å². The van der Waals surface area contributed by atoms with E-state index in [9.17, 15) is 5.26 Å². The lowest BCUT2D eigenvalue weighted by atomic mass is 9.70. The maximum absolute atomic E-state index is 9.43. The van der Waals surface area contributed by atoms with Crippen LogP contribution in [0.2, 0.25) is 0 Å². The first-order chi connectivity index (χ1) is 7.00. The first kappa shape index (κ1) is 12.5. The lowest BCUT2D eigenvalue weighted by Gasteiger charge is -2.41. The number of nitriles is 1. The number of nitrogens with zero attached hydrogens (tertiary/aromatic N) is 1. The highest BCUT2D eigenvalue weighted by molar-refractivity contribution is 5.12. The average molecular weight is 208 g/mol. The Morgan fingerprint density at radius 1 is 1.40 bits per heavy atom. The van der Waals surface area contributed by atoms with Gasteiger partial charge < -0.3 is 0 Å². The van der Waals surface area contributed by atoms with Gasteiger partial charge in [-0.3, -0.25) is 5.32 Å². The van der Waals surface area contributed by atoms with E-state index in [1.165, 1.54) is 12.8 Å². The molecule has 2 nitrogen and oxygen atoms in total. The zero-order valence-corrected chi connectivity index (χ0v) is 10.5. The van der Waals surface area contributed by atoms with E-state index in [1.54, 1.807) is 0 Å². The van der Waals surface area contributed by atoms with E-state index >= 15 is 0 Å². The molecule has 15 heavy (non-hydrogen) atoms. The molecular formula is C13H24N2. The smallest absolute Gasteiger partial charge is 0.109 e. The van der Waals surface area contributed by atoms with Crippen LogP contribution in [0, 0.1) is 29.1 Å². The molecule has 1 saturated carbocycles. The van der Waals surface area contributed by atoms with Crippen molar-refractivity contribution in [2.75, 3.05) is 6.54 Å². The molecule has 2 heteroatoms. The minimum atomic E-state index is -0.262. The minimum absolute atomic E-state index is 0.262. The second-order valence-corrected chi connectivity index (χ2v) is 5.65. The van der Waals surface area contributed by atoms with Gasteiger partial charge in [-0.2, -0.15) is 5.26 Å². The minimum Gasteiger partial charge on any atom is -0.299 e. The fourth-order valence-corrected chi connectivity index (χ4v) is 2.46. The average Bonchev–Trinajstić information content (AvgIpc) is 2.19. The SMILES string of the molecule is CC(C)CNC1(C#N)CC(C)CCC1C. The molecule has 0 bridgehead atoms. The summed E-state index contributed by atoms with van der Waals surface area (Å²) >= 11 is 0. The lowest BCUT2D eigenvalue weighted by molar-refractivity contribution is 0.166. The van der Waals surface area contributed by atoms with E-state index in [2.05, 4.69) is 39.1 Å². The molecule has 0 aromatic carbocycles. The summed E-state index contributed by atoms with van der Waals surface area (Å²) in [6, 6.07) is 2.54. The van der Waals surface area contributed by atoms with Crippen LogP contribution in [0.15, 0.2) is 0 Å². The Morgan fingerprint density at radius 2 is 2.07 bits per heavy atom. The molecule has 0 radical (unpaired) electrons. The summed E-state index contributed by atoms with van der Waals surface area (Å²) in [6.45, 7) is 9.80. The monoisotopic (exact) mass is 208 g/mol. The highest BCUT2D eigenvalue weighted by Gasteiger charge is 2.40. The van der Waals surface area contributed by atoms with Crippen molar-refractivity contribution in [2.45, 2.75) is 52.5 Å². The maximum atomic E-state index is 9.43. The van der Waals surface area contributed by atoms with Gasteiger partial charge in [0.05, 0.1) is 6.07 Å². The molecule has 1 N–H and O–H groups in total. The van der Waals surface area contributed by atoms with Crippen LogP contribution in [0.1, 0.15) is 47.0 Å². The predicted molar refractivity (Wildman–Crippen MR) is 63.4 cm³/mol. The maximum Gasteiger partial charge on any atom is 0.109 e. The van der Waals surface area contributed by atoms with E-state index in [0.717, 1.165) is 13.0 Å². The van der Waals surface area contributed by atoms with Crippen molar-refractivity contribution in [3.05, 3.63) is 0 Å². The molecule has 86 valence electrons. The first-order valence-electron chi connectivity index (χ1n) is 6.16. The van der Waals surface area contributed by atoms with Crippen molar-refractivity contribution in [1.82, 2.24) is 5.32 Å². The van der Waals surface area contributed by atoms with Crippen LogP contribution in [0.4, 0.5) is 0 Å². The van der Waals surface area contributed by atoms with E-state index in [-0.39, 0.29) is 5.54 Å². The zero-order chi connectivity index (χ0) is 11.5. The van der Waals surface area contributed by atoms with Gasteiger partial charge in [-0.05, 0) is 37.1 Å². The Kier molecular flexibility index (Phi) is 4.16. The van der Waals surface area contributed by atoms with Crippen molar-refractivity contribution in [1.29, 1.82) is 5.26 Å². The van der Waals surface area contributed by atoms with Crippen LogP contribution >= 0.6 is 0 Å². The van der Waals surface area contributed by atoms with Crippen LogP contribution in [0.25, 0.3) is 0 Å². The second-order valence-electron chi connectivity index (χ2n) is 5.65. The lowest BCUT2D eigenvalue weighted by Crippen LogP contribution is -2.53. The highest BCUT2D eigenvalue weighted by atomic mass is 15.0. The molecular weight excluding hydrogens is 184 g/mol. The third kappa shape index (κ3) is 2.95. The molecule has 0 saturated heterocycles. The van der Waals surface area contributed by atoms with Gasteiger partial charge in [-0.1, -0.05) is 34.1 Å². The van der Waals surface area contributed by atoms with Gasteiger partial charge in [0, 0.05) is 0 Å². The van der Waals surface area contributed by atoms with Crippen molar-refractivity contribution in [3.8, 4) is 6.07 Å². The number of hydrogen-bond acceptors (Lipinski definition) is 2. The molecule has 0 amide bonds. The van der Waals surface area contributed by atoms with Crippen molar-refractivity contribution in [3.63, 3.8) is 0 Å². The van der Waals surface area contributed by atoms with Crippen molar-refractivity contribution in [2.24, 2.45) is 17.8 Å². The van der Waals surface area contributed by atoms with Crippen LogP contribution in [0.5, 0.6) is 0 Å². The predicted octanol–water partition coefficient (Wildman–Crippen LogP) is 2.95. The normalized spacial score (nSPS) is 36.5. The number of nitrogens with one attached hydrogen (secondary N) is 1.